The second kappa shape index (κ2) is 1.96. The molecule has 0 radical (unpaired) electrons. The summed E-state index contributed by atoms with van der Waals surface area (Å²) in [5, 5.41) is 0. The van der Waals surface area contributed by atoms with Gasteiger partial charge in [-0.1, -0.05) is 0 Å². The van der Waals surface area contributed by atoms with Crippen LogP contribution in [0, 0.1) is 5.92 Å². The highest BCUT2D eigenvalue weighted by molar-refractivity contribution is 4.86. The first-order chi connectivity index (χ1) is 4.34. The summed E-state index contributed by atoms with van der Waals surface area (Å²) in [7, 11) is 0. The van der Waals surface area contributed by atoms with Gasteiger partial charge in [0.05, 0.1) is 0 Å². The topological polar surface area (TPSA) is 29.3 Å². The molecule has 0 aromatic rings. The molecular formula is C7H14N2. The van der Waals surface area contributed by atoms with Crippen LogP contribution in [0.25, 0.3) is 0 Å². The highest BCUT2D eigenvalue weighted by Crippen LogP contribution is 2.25. The monoisotopic (exact) mass is 126 g/mol. The number of nitrogens with zero attached hydrogens (tertiary/aromatic N) is 1. The number of hydrogen-bond acceptors (Lipinski definition) is 2. The molecule has 52 valence electrons. The molecule has 2 fully saturated rings. The van der Waals surface area contributed by atoms with Crippen molar-refractivity contribution in [1.82, 2.24) is 4.90 Å². The van der Waals surface area contributed by atoms with Gasteiger partial charge in [-0.2, -0.15) is 0 Å². The van der Waals surface area contributed by atoms with E-state index in [9.17, 15) is 0 Å². The first kappa shape index (κ1) is 5.69. The molecule has 2 bridgehead atoms. The van der Waals surface area contributed by atoms with Crippen molar-refractivity contribution in [3.8, 4) is 0 Å². The molecule has 2 heterocycles. The Morgan fingerprint density at radius 1 is 1.33 bits per heavy atom. The van der Waals surface area contributed by atoms with E-state index in [-0.39, 0.29) is 0 Å². The van der Waals surface area contributed by atoms with Gasteiger partial charge in [0.1, 0.15) is 0 Å². The van der Waals surface area contributed by atoms with Crippen molar-refractivity contribution in [1.29, 1.82) is 0 Å². The van der Waals surface area contributed by atoms with Gasteiger partial charge in [-0.05, 0) is 25.3 Å². The second-order valence-electron chi connectivity index (χ2n) is 3.41. The lowest BCUT2D eigenvalue weighted by molar-refractivity contribution is 0.244. The molecule has 2 heteroatoms. The molecule has 2 unspecified atom stereocenters. The fourth-order valence-corrected chi connectivity index (χ4v) is 2.11. The maximum atomic E-state index is 5.81. The zero-order valence-electron chi connectivity index (χ0n) is 5.71. The van der Waals surface area contributed by atoms with Crippen molar-refractivity contribution >= 4 is 0 Å². The van der Waals surface area contributed by atoms with Gasteiger partial charge >= 0.3 is 0 Å². The SMILES string of the molecule is NC1C[C@H]2CCN(C1)C2. The summed E-state index contributed by atoms with van der Waals surface area (Å²) >= 11 is 0. The Bertz CT molecular complexity index is 101. The third-order valence-corrected chi connectivity index (χ3v) is 2.50. The Hall–Kier alpha value is -0.0800. The highest BCUT2D eigenvalue weighted by Gasteiger charge is 2.29. The first-order valence-corrected chi connectivity index (χ1v) is 3.82. The van der Waals surface area contributed by atoms with Crippen LogP contribution in [-0.4, -0.2) is 30.6 Å². The second-order valence-corrected chi connectivity index (χ2v) is 3.41. The van der Waals surface area contributed by atoms with Crippen LogP contribution in [0.15, 0.2) is 0 Å². The molecule has 0 aromatic heterocycles. The van der Waals surface area contributed by atoms with Gasteiger partial charge < -0.3 is 10.6 Å². The zero-order chi connectivity index (χ0) is 6.27. The van der Waals surface area contributed by atoms with Crippen LogP contribution in [0.3, 0.4) is 0 Å². The summed E-state index contributed by atoms with van der Waals surface area (Å²) in [5.74, 6) is 0.939. The maximum Gasteiger partial charge on any atom is 0.0170 e. The van der Waals surface area contributed by atoms with Gasteiger partial charge in [0, 0.05) is 19.1 Å². The van der Waals surface area contributed by atoms with E-state index in [1.165, 1.54) is 25.9 Å². The van der Waals surface area contributed by atoms with Crippen LogP contribution in [0.5, 0.6) is 0 Å². The fourth-order valence-electron chi connectivity index (χ4n) is 2.11. The number of piperidine rings is 1. The normalized spacial score (nSPS) is 49.7. The largest absolute Gasteiger partial charge is 0.327 e. The lowest BCUT2D eigenvalue weighted by Crippen LogP contribution is -2.41. The molecule has 2 N–H and O–H groups in total. The molecule has 3 atom stereocenters. The molecule has 2 nitrogen and oxygen atoms in total. The Morgan fingerprint density at radius 3 is 3.00 bits per heavy atom. The van der Waals surface area contributed by atoms with Gasteiger partial charge in [-0.3, -0.25) is 0 Å². The number of hydrogen-bond donors (Lipinski definition) is 1. The predicted octanol–water partition coefficient (Wildman–Crippen LogP) is 0.0393. The Morgan fingerprint density at radius 2 is 2.22 bits per heavy atom. The summed E-state index contributed by atoms with van der Waals surface area (Å²) in [6, 6.07) is 0.478. The van der Waals surface area contributed by atoms with E-state index in [0.717, 1.165) is 12.5 Å². The van der Waals surface area contributed by atoms with Crippen molar-refractivity contribution in [2.24, 2.45) is 11.7 Å². The van der Waals surface area contributed by atoms with Gasteiger partial charge in [0.15, 0.2) is 0 Å². The van der Waals surface area contributed by atoms with E-state index in [4.69, 9.17) is 5.73 Å². The van der Waals surface area contributed by atoms with Gasteiger partial charge in [0.25, 0.3) is 0 Å². The van der Waals surface area contributed by atoms with Crippen LogP contribution in [0.1, 0.15) is 12.8 Å². The Kier molecular flexibility index (Phi) is 1.24. The molecule has 0 aliphatic carbocycles. The lowest BCUT2D eigenvalue weighted by atomic mass is 9.98. The zero-order valence-corrected chi connectivity index (χ0v) is 5.71. The summed E-state index contributed by atoms with van der Waals surface area (Å²) in [6.45, 7) is 3.78. The molecule has 2 aliphatic rings. The van der Waals surface area contributed by atoms with E-state index >= 15 is 0 Å². The standard InChI is InChI=1S/C7H14N2/c8-7-3-6-1-2-9(4-6)5-7/h6-7H,1-5,8H2/t6-,7?/m1/s1. The molecule has 0 amide bonds. The van der Waals surface area contributed by atoms with Crippen molar-refractivity contribution in [2.45, 2.75) is 18.9 Å². The summed E-state index contributed by atoms with van der Waals surface area (Å²) in [5.41, 5.74) is 5.81. The Balaban J connectivity index is 2.03. The lowest BCUT2D eigenvalue weighted by Gasteiger charge is -2.26. The molecular weight excluding hydrogens is 112 g/mol. The van der Waals surface area contributed by atoms with Crippen LogP contribution in [0.4, 0.5) is 0 Å². The van der Waals surface area contributed by atoms with Gasteiger partial charge in [0.2, 0.25) is 0 Å². The Labute approximate surface area is 56.0 Å². The molecule has 2 rings (SSSR count). The van der Waals surface area contributed by atoms with Crippen LogP contribution >= 0.6 is 0 Å². The molecule has 2 saturated heterocycles. The molecule has 0 aromatic carbocycles. The van der Waals surface area contributed by atoms with E-state index in [0.29, 0.717) is 6.04 Å². The average Bonchev–Trinajstić information content (AvgIpc) is 2.11. The minimum atomic E-state index is 0.478. The van der Waals surface area contributed by atoms with E-state index in [1.54, 1.807) is 0 Å². The van der Waals surface area contributed by atoms with Gasteiger partial charge in [-0.25, -0.2) is 0 Å². The smallest absolute Gasteiger partial charge is 0.0170 e. The molecule has 0 spiro atoms. The number of nitrogens with two attached hydrogens (primary N) is 1. The van der Waals surface area contributed by atoms with Crippen LogP contribution in [0.2, 0.25) is 0 Å². The quantitative estimate of drug-likeness (QED) is 0.496. The maximum absolute atomic E-state index is 5.81. The van der Waals surface area contributed by atoms with Crippen LogP contribution in [-0.2, 0) is 0 Å². The van der Waals surface area contributed by atoms with E-state index < -0.39 is 0 Å². The predicted molar refractivity (Wildman–Crippen MR) is 37.1 cm³/mol. The van der Waals surface area contributed by atoms with Crippen molar-refractivity contribution in [2.75, 3.05) is 19.6 Å². The van der Waals surface area contributed by atoms with Crippen molar-refractivity contribution in [3.63, 3.8) is 0 Å². The van der Waals surface area contributed by atoms with E-state index in [1.807, 2.05) is 0 Å². The summed E-state index contributed by atoms with van der Waals surface area (Å²) < 4.78 is 0. The first-order valence-electron chi connectivity index (χ1n) is 3.82. The third-order valence-electron chi connectivity index (χ3n) is 2.50. The average molecular weight is 126 g/mol. The number of rotatable bonds is 0. The van der Waals surface area contributed by atoms with Crippen LogP contribution < -0.4 is 5.73 Å². The number of fused-ring (bicyclic) bond motifs is 2. The van der Waals surface area contributed by atoms with Crippen molar-refractivity contribution in [3.05, 3.63) is 0 Å². The van der Waals surface area contributed by atoms with Crippen molar-refractivity contribution < 1.29 is 0 Å². The van der Waals surface area contributed by atoms with Gasteiger partial charge in [-0.15, -0.1) is 0 Å². The third kappa shape index (κ3) is 0.970. The highest BCUT2D eigenvalue weighted by atomic mass is 15.2. The summed E-state index contributed by atoms with van der Waals surface area (Å²) in [4.78, 5) is 2.48. The minimum absolute atomic E-state index is 0.478. The minimum Gasteiger partial charge on any atom is -0.327 e. The molecule has 9 heavy (non-hydrogen) atoms. The molecule has 2 aliphatic heterocycles. The fraction of sp³-hybridized carbons (Fsp3) is 1.00. The summed E-state index contributed by atoms with van der Waals surface area (Å²) in [6.07, 6.45) is 2.67. The van der Waals surface area contributed by atoms with E-state index in [2.05, 4.69) is 4.90 Å². The molecule has 0 saturated carbocycles.